The van der Waals surface area contributed by atoms with Crippen LogP contribution in [0, 0.1) is 0 Å². The number of rotatable bonds is 9. The maximum Gasteiger partial charge on any atom is 0.160 e. The molecule has 7 aromatic rings. The van der Waals surface area contributed by atoms with Crippen LogP contribution < -0.4 is 0 Å². The SMILES string of the molecule is C=C/C=C(\C=C)S(/C(C=C)=C/C=C)(c1ccccc1)c1ccc2c(c1)c1ccc3c4ccccc4oc3c1n2-c1ccccc1. The Morgan fingerprint density at radius 2 is 1.20 bits per heavy atom. The molecule has 7 rings (SSSR count). The van der Waals surface area contributed by atoms with Gasteiger partial charge in [-0.2, -0.15) is 0 Å². The van der Waals surface area contributed by atoms with E-state index in [1.807, 2.05) is 36.4 Å². The molecule has 0 atom stereocenters. The largest absolute Gasteiger partial charge is 0.454 e. The topological polar surface area (TPSA) is 18.1 Å². The van der Waals surface area contributed by atoms with Crippen molar-refractivity contribution >= 4 is 53.8 Å². The predicted molar refractivity (Wildman–Crippen MR) is 196 cm³/mol. The number of aromatic nitrogens is 1. The van der Waals surface area contributed by atoms with Gasteiger partial charge in [0.05, 0.1) is 11.0 Å². The zero-order chi connectivity index (χ0) is 31.0. The van der Waals surface area contributed by atoms with Gasteiger partial charge in [-0.05, 0) is 66.7 Å². The van der Waals surface area contributed by atoms with E-state index in [0.29, 0.717) is 0 Å². The first-order valence-electron chi connectivity index (χ1n) is 14.9. The number of fused-ring (bicyclic) bond motifs is 7. The van der Waals surface area contributed by atoms with Crippen LogP contribution in [0.25, 0.3) is 49.4 Å². The van der Waals surface area contributed by atoms with E-state index in [1.165, 1.54) is 9.79 Å². The van der Waals surface area contributed by atoms with Crippen LogP contribution in [0.4, 0.5) is 0 Å². The fourth-order valence-corrected chi connectivity index (χ4v) is 10.4. The summed E-state index contributed by atoms with van der Waals surface area (Å²) in [5.74, 6) is 0. The van der Waals surface area contributed by atoms with Crippen LogP contribution in [-0.4, -0.2) is 4.57 Å². The van der Waals surface area contributed by atoms with Gasteiger partial charge in [-0.15, -0.1) is 10.0 Å². The molecule has 0 bridgehead atoms. The molecule has 2 nitrogen and oxygen atoms in total. The molecule has 0 aliphatic carbocycles. The summed E-state index contributed by atoms with van der Waals surface area (Å²) >= 11 is 0. The summed E-state index contributed by atoms with van der Waals surface area (Å²) < 4.78 is 8.95. The van der Waals surface area contributed by atoms with Crippen molar-refractivity contribution in [2.45, 2.75) is 9.79 Å². The Morgan fingerprint density at radius 3 is 1.87 bits per heavy atom. The van der Waals surface area contributed by atoms with Gasteiger partial charge >= 0.3 is 0 Å². The number of hydrogen-bond acceptors (Lipinski definition) is 1. The van der Waals surface area contributed by atoms with Crippen LogP contribution in [0.15, 0.2) is 202 Å². The Balaban J connectivity index is 1.67. The van der Waals surface area contributed by atoms with E-state index >= 15 is 0 Å². The second-order valence-corrected chi connectivity index (χ2v) is 13.8. The molecule has 0 unspecified atom stereocenters. The van der Waals surface area contributed by atoms with E-state index in [4.69, 9.17) is 4.42 Å². The van der Waals surface area contributed by atoms with E-state index in [1.54, 1.807) is 0 Å². The molecule has 0 aliphatic rings. The summed E-state index contributed by atoms with van der Waals surface area (Å²) in [7, 11) is -2.03. The minimum absolute atomic E-state index is 0.883. The highest BCUT2D eigenvalue weighted by atomic mass is 32.3. The van der Waals surface area contributed by atoms with Gasteiger partial charge in [0, 0.05) is 46.8 Å². The van der Waals surface area contributed by atoms with E-state index in [0.717, 1.165) is 59.2 Å². The molecular formula is C42H33NOS. The molecule has 2 heterocycles. The average Bonchev–Trinajstić information content (AvgIpc) is 3.64. The van der Waals surface area contributed by atoms with E-state index in [-0.39, 0.29) is 0 Å². The summed E-state index contributed by atoms with van der Waals surface area (Å²) in [6.45, 7) is 16.7. The molecule has 0 spiro atoms. The Hall–Kier alpha value is -5.51. The summed E-state index contributed by atoms with van der Waals surface area (Å²) in [5, 5.41) is 4.49. The lowest BCUT2D eigenvalue weighted by atomic mass is 10.1. The third kappa shape index (κ3) is 4.28. The first-order chi connectivity index (χ1) is 22.2. The Bertz CT molecular complexity index is 2300. The van der Waals surface area contributed by atoms with Gasteiger partial charge in [0.1, 0.15) is 5.58 Å². The molecule has 0 fully saturated rings. The summed E-state index contributed by atoms with van der Waals surface area (Å²) in [4.78, 5) is 4.49. The second kappa shape index (κ2) is 11.5. The third-order valence-corrected chi connectivity index (χ3v) is 12.3. The fourth-order valence-electron chi connectivity index (χ4n) is 6.56. The molecule has 5 aromatic carbocycles. The van der Waals surface area contributed by atoms with Gasteiger partial charge in [0.15, 0.2) is 5.58 Å². The van der Waals surface area contributed by atoms with Crippen LogP contribution in [0.2, 0.25) is 0 Å². The number of allylic oxidation sites excluding steroid dienone is 6. The van der Waals surface area contributed by atoms with Crippen molar-refractivity contribution in [3.05, 3.63) is 188 Å². The summed E-state index contributed by atoms with van der Waals surface area (Å²) in [6, 6.07) is 40.7. The molecule has 0 amide bonds. The molecule has 3 heteroatoms. The van der Waals surface area contributed by atoms with Crippen molar-refractivity contribution in [2.24, 2.45) is 0 Å². The fraction of sp³-hybridized carbons (Fsp3) is 0. The lowest BCUT2D eigenvalue weighted by molar-refractivity contribution is 0.671. The third-order valence-electron chi connectivity index (χ3n) is 8.38. The molecule has 45 heavy (non-hydrogen) atoms. The van der Waals surface area contributed by atoms with E-state index in [2.05, 4.69) is 146 Å². The first kappa shape index (κ1) is 28.3. The normalized spacial score (nSPS) is 14.4. The highest BCUT2D eigenvalue weighted by Gasteiger charge is 2.35. The van der Waals surface area contributed by atoms with E-state index < -0.39 is 10.0 Å². The average molecular weight is 600 g/mol. The maximum atomic E-state index is 6.62. The second-order valence-electron chi connectivity index (χ2n) is 10.7. The van der Waals surface area contributed by atoms with Crippen molar-refractivity contribution in [1.82, 2.24) is 4.57 Å². The lowest BCUT2D eigenvalue weighted by Crippen LogP contribution is -2.07. The molecule has 218 valence electrons. The predicted octanol–water partition coefficient (Wildman–Crippen LogP) is 12.4. The lowest BCUT2D eigenvalue weighted by Gasteiger charge is -2.43. The summed E-state index contributed by atoms with van der Waals surface area (Å²) in [5.41, 5.74) is 5.01. The molecular weight excluding hydrogens is 567 g/mol. The van der Waals surface area contributed by atoms with Gasteiger partial charge in [-0.25, -0.2) is 0 Å². The monoisotopic (exact) mass is 599 g/mol. The van der Waals surface area contributed by atoms with Crippen LogP contribution >= 0.6 is 10.0 Å². The van der Waals surface area contributed by atoms with Crippen LogP contribution in [-0.2, 0) is 0 Å². The van der Waals surface area contributed by atoms with Gasteiger partial charge in [0.2, 0.25) is 0 Å². The van der Waals surface area contributed by atoms with Crippen molar-refractivity contribution < 1.29 is 4.42 Å². The van der Waals surface area contributed by atoms with Gasteiger partial charge in [-0.1, -0.05) is 111 Å². The van der Waals surface area contributed by atoms with Crippen LogP contribution in [0.1, 0.15) is 0 Å². The zero-order valence-corrected chi connectivity index (χ0v) is 25.8. The molecule has 0 aliphatic heterocycles. The quantitative estimate of drug-likeness (QED) is 0.151. The minimum Gasteiger partial charge on any atom is -0.454 e. The van der Waals surface area contributed by atoms with Gasteiger partial charge < -0.3 is 8.98 Å². The Kier molecular flexibility index (Phi) is 7.25. The highest BCUT2D eigenvalue weighted by molar-refractivity contribution is 8.40. The number of hydrogen-bond donors (Lipinski definition) is 0. The maximum absolute atomic E-state index is 6.62. The van der Waals surface area contributed by atoms with Crippen molar-refractivity contribution in [3.8, 4) is 5.69 Å². The summed E-state index contributed by atoms with van der Waals surface area (Å²) in [6.07, 6.45) is 11.7. The van der Waals surface area contributed by atoms with Gasteiger partial charge in [-0.3, -0.25) is 0 Å². The zero-order valence-electron chi connectivity index (χ0n) is 25.0. The van der Waals surface area contributed by atoms with Crippen molar-refractivity contribution in [1.29, 1.82) is 0 Å². The van der Waals surface area contributed by atoms with Crippen molar-refractivity contribution in [2.75, 3.05) is 0 Å². The first-order valence-corrected chi connectivity index (χ1v) is 16.5. The molecule has 0 saturated heterocycles. The van der Waals surface area contributed by atoms with Crippen molar-refractivity contribution in [3.63, 3.8) is 0 Å². The number of furan rings is 1. The Morgan fingerprint density at radius 1 is 0.578 bits per heavy atom. The van der Waals surface area contributed by atoms with Crippen LogP contribution in [0.3, 0.4) is 0 Å². The molecule has 2 aromatic heterocycles. The smallest absolute Gasteiger partial charge is 0.160 e. The number of nitrogens with zero attached hydrogens (tertiary/aromatic N) is 1. The molecule has 0 saturated carbocycles. The minimum atomic E-state index is -2.03. The Labute approximate surface area is 265 Å². The van der Waals surface area contributed by atoms with Gasteiger partial charge in [0.25, 0.3) is 0 Å². The number of para-hydroxylation sites is 2. The molecule has 0 N–H and O–H groups in total. The standard InChI is InChI=1S/C42H33NOS/c1-5-17-31(7-3)45(32(8-4)18-6-2,33-21-13-10-14-22-33)34-25-28-39-38(29-34)36-26-27-37-35-23-15-16-24-40(35)44-42(37)41(36)43(39)30-19-11-9-12-20-30/h5-29H,1-4H2/b31-17+,32-18+. The number of benzene rings is 5. The van der Waals surface area contributed by atoms with Crippen LogP contribution in [0.5, 0.6) is 0 Å². The van der Waals surface area contributed by atoms with E-state index in [9.17, 15) is 0 Å². The molecule has 0 radical (unpaired) electrons. The highest BCUT2D eigenvalue weighted by Crippen LogP contribution is 2.74.